The maximum absolute atomic E-state index is 13.8. The van der Waals surface area contributed by atoms with E-state index in [4.69, 9.17) is 16.3 Å². The van der Waals surface area contributed by atoms with Gasteiger partial charge in [-0.25, -0.2) is 21.2 Å². The second kappa shape index (κ2) is 12.9. The fourth-order valence-electron chi connectivity index (χ4n) is 4.01. The van der Waals surface area contributed by atoms with Crippen molar-refractivity contribution in [2.75, 3.05) is 28.0 Å². The summed E-state index contributed by atoms with van der Waals surface area (Å²) in [5.41, 5.74) is -0.0290. The number of carbonyl (C=O) groups is 1. The Morgan fingerprint density at radius 1 is 0.932 bits per heavy atom. The molecule has 0 aliphatic heterocycles. The van der Waals surface area contributed by atoms with Crippen molar-refractivity contribution in [3.05, 3.63) is 111 Å². The average Bonchev–Trinajstić information content (AvgIpc) is 2.97. The van der Waals surface area contributed by atoms with Crippen molar-refractivity contribution in [2.45, 2.75) is 16.7 Å². The highest BCUT2D eigenvalue weighted by Gasteiger charge is 2.31. The lowest BCUT2D eigenvalue weighted by atomic mass is 10.2. The number of amides is 1. The number of benzene rings is 4. The zero-order valence-electron chi connectivity index (χ0n) is 23.0. The topological polar surface area (TPSA) is 165 Å². The summed E-state index contributed by atoms with van der Waals surface area (Å²) in [6.45, 7) is 0.641. The zero-order valence-corrected chi connectivity index (χ0v) is 25.4. The van der Waals surface area contributed by atoms with Gasteiger partial charge in [-0.2, -0.15) is 0 Å². The van der Waals surface area contributed by atoms with Crippen molar-refractivity contribution >= 4 is 60.3 Å². The van der Waals surface area contributed by atoms with Crippen LogP contribution in [0.2, 0.25) is 5.02 Å². The number of anilines is 3. The number of hydrogen-bond donors (Lipinski definition) is 2. The van der Waals surface area contributed by atoms with Crippen molar-refractivity contribution in [1.82, 2.24) is 0 Å². The number of hydrogen-bond acceptors (Lipinski definition) is 8. The van der Waals surface area contributed by atoms with Crippen LogP contribution in [0.4, 0.5) is 27.1 Å². The van der Waals surface area contributed by atoms with Crippen molar-refractivity contribution in [2.24, 2.45) is 0 Å². The molecule has 0 fully saturated rings. The van der Waals surface area contributed by atoms with Gasteiger partial charge in [-0.15, -0.1) is 0 Å². The summed E-state index contributed by atoms with van der Waals surface area (Å²) in [6.07, 6.45) is 0. The smallest absolute Gasteiger partial charge is 0.273 e. The van der Waals surface area contributed by atoms with E-state index in [1.165, 1.54) is 80.8 Å². The molecule has 0 saturated heterocycles. The Labute approximate surface area is 257 Å². The summed E-state index contributed by atoms with van der Waals surface area (Å²) < 4.78 is 74.6. The molecule has 0 aliphatic rings. The molecule has 12 nitrogen and oxygen atoms in total. The van der Waals surface area contributed by atoms with Crippen LogP contribution in [0.3, 0.4) is 0 Å². The van der Waals surface area contributed by atoms with Gasteiger partial charge in [0, 0.05) is 28.0 Å². The number of rotatable bonds is 11. The molecule has 16 heteroatoms. The first-order chi connectivity index (χ1) is 20.7. The lowest BCUT2D eigenvalue weighted by Gasteiger charge is -2.26. The van der Waals surface area contributed by atoms with Crippen LogP contribution < -0.4 is 19.1 Å². The number of nitro groups is 1. The first kappa shape index (κ1) is 32.2. The van der Waals surface area contributed by atoms with E-state index in [2.05, 4.69) is 10.0 Å². The molecule has 4 aromatic rings. The van der Waals surface area contributed by atoms with Crippen LogP contribution in [0.25, 0.3) is 0 Å². The van der Waals surface area contributed by atoms with Gasteiger partial charge in [0.05, 0.1) is 27.5 Å². The van der Waals surface area contributed by atoms with Crippen LogP contribution in [0.15, 0.2) is 94.7 Å². The quantitative estimate of drug-likeness (QED) is 0.160. The summed E-state index contributed by atoms with van der Waals surface area (Å²) in [5.74, 6) is -1.32. The van der Waals surface area contributed by atoms with Crippen LogP contribution in [0.1, 0.15) is 5.56 Å². The molecule has 0 spiro atoms. The number of ether oxygens (including phenoxy) is 1. The van der Waals surface area contributed by atoms with E-state index in [1.807, 2.05) is 0 Å². The molecule has 4 aromatic carbocycles. The van der Waals surface area contributed by atoms with Crippen LogP contribution >= 0.6 is 11.6 Å². The molecule has 0 heterocycles. The summed E-state index contributed by atoms with van der Waals surface area (Å²) in [7, 11) is -7.37. The minimum atomic E-state index is -4.60. The zero-order chi connectivity index (χ0) is 32.2. The number of carbonyl (C=O) groups excluding carboxylic acids is 1. The van der Waals surface area contributed by atoms with Crippen LogP contribution in [0.5, 0.6) is 5.75 Å². The first-order valence-electron chi connectivity index (χ1n) is 12.5. The molecule has 230 valence electrons. The molecule has 44 heavy (non-hydrogen) atoms. The minimum Gasteiger partial charge on any atom is -0.495 e. The molecule has 0 aliphatic carbocycles. The molecular weight excluding hydrogens is 639 g/mol. The number of nitrogens with zero attached hydrogens (tertiary/aromatic N) is 2. The Bertz CT molecular complexity index is 1940. The van der Waals surface area contributed by atoms with Crippen LogP contribution in [-0.4, -0.2) is 41.3 Å². The number of sulfonamides is 2. The third-order valence-corrected chi connectivity index (χ3v) is 9.59. The van der Waals surface area contributed by atoms with E-state index in [0.717, 1.165) is 18.2 Å². The van der Waals surface area contributed by atoms with E-state index in [-0.39, 0.29) is 38.3 Å². The van der Waals surface area contributed by atoms with Crippen LogP contribution in [-0.2, 0) is 24.8 Å². The Morgan fingerprint density at radius 3 is 2.16 bits per heavy atom. The van der Waals surface area contributed by atoms with E-state index < -0.39 is 53.8 Å². The molecule has 0 aromatic heterocycles. The maximum atomic E-state index is 13.8. The number of aryl methyl sites for hydroxylation is 1. The highest BCUT2D eigenvalue weighted by atomic mass is 35.5. The third kappa shape index (κ3) is 7.24. The standard InChI is InChI=1S/C28H24ClFN4O8S2/c1-18-3-11-24(16-25(18)34(36)37)44(40,41)33(26-15-19(29)4-14-27(26)42-2)17-28(35)31-21-9-12-23(13-10-21)43(38,39)32-22-7-5-20(30)6-8-22/h3-16,32H,17H2,1-2H3,(H,31,35). The average molecular weight is 663 g/mol. The fourth-order valence-corrected chi connectivity index (χ4v) is 6.68. The third-order valence-electron chi connectivity index (χ3n) is 6.21. The molecular formula is C28H24ClFN4O8S2. The van der Waals surface area contributed by atoms with Gasteiger partial charge in [-0.1, -0.05) is 17.7 Å². The van der Waals surface area contributed by atoms with Gasteiger partial charge in [-0.05, 0) is 79.7 Å². The maximum Gasteiger partial charge on any atom is 0.273 e. The summed E-state index contributed by atoms with van der Waals surface area (Å²) >= 11 is 6.14. The number of nitrogens with one attached hydrogen (secondary N) is 2. The predicted octanol–water partition coefficient (Wildman–Crippen LogP) is 5.34. The Hall–Kier alpha value is -4.73. The van der Waals surface area contributed by atoms with E-state index in [9.17, 15) is 36.1 Å². The molecule has 0 atom stereocenters. The number of nitro benzene ring substituents is 1. The Kier molecular flexibility index (Phi) is 9.42. The van der Waals surface area contributed by atoms with Crippen molar-refractivity contribution < 1.29 is 35.7 Å². The monoisotopic (exact) mass is 662 g/mol. The lowest BCUT2D eigenvalue weighted by Crippen LogP contribution is -2.38. The van der Waals surface area contributed by atoms with E-state index >= 15 is 0 Å². The van der Waals surface area contributed by atoms with Gasteiger partial charge in [0.15, 0.2) is 0 Å². The van der Waals surface area contributed by atoms with Crippen molar-refractivity contribution in [1.29, 1.82) is 0 Å². The number of halogens is 2. The lowest BCUT2D eigenvalue weighted by molar-refractivity contribution is -0.385. The van der Waals surface area contributed by atoms with Gasteiger partial charge >= 0.3 is 0 Å². The second-order valence-corrected chi connectivity index (χ2v) is 13.2. The molecule has 0 radical (unpaired) electrons. The predicted molar refractivity (Wildman–Crippen MR) is 163 cm³/mol. The molecule has 1 amide bonds. The Morgan fingerprint density at radius 2 is 1.55 bits per heavy atom. The molecule has 4 rings (SSSR count). The molecule has 0 saturated carbocycles. The summed E-state index contributed by atoms with van der Waals surface area (Å²) in [4.78, 5) is 23.3. The highest BCUT2D eigenvalue weighted by molar-refractivity contribution is 7.93. The molecule has 0 bridgehead atoms. The van der Waals surface area contributed by atoms with Gasteiger partial charge in [-0.3, -0.25) is 23.9 Å². The second-order valence-electron chi connectivity index (χ2n) is 9.22. The van der Waals surface area contributed by atoms with Gasteiger partial charge in [0.25, 0.3) is 25.7 Å². The van der Waals surface area contributed by atoms with Gasteiger partial charge < -0.3 is 10.1 Å². The summed E-state index contributed by atoms with van der Waals surface area (Å²) in [5, 5.41) is 14.1. The normalized spacial score (nSPS) is 11.5. The number of methoxy groups -OCH3 is 1. The SMILES string of the molecule is COc1ccc(Cl)cc1N(CC(=O)Nc1ccc(S(=O)(=O)Nc2ccc(F)cc2)cc1)S(=O)(=O)c1ccc(C)c([N+](=O)[O-])c1. The highest BCUT2D eigenvalue weighted by Crippen LogP contribution is 2.36. The van der Waals surface area contributed by atoms with Gasteiger partial charge in [0.1, 0.15) is 18.1 Å². The van der Waals surface area contributed by atoms with Crippen molar-refractivity contribution in [3.8, 4) is 5.75 Å². The Balaban J connectivity index is 1.62. The van der Waals surface area contributed by atoms with Crippen molar-refractivity contribution in [3.63, 3.8) is 0 Å². The molecule has 2 N–H and O–H groups in total. The van der Waals surface area contributed by atoms with E-state index in [0.29, 0.717) is 4.31 Å². The van der Waals surface area contributed by atoms with Crippen LogP contribution in [0, 0.1) is 22.9 Å². The fraction of sp³-hybridized carbons (Fsp3) is 0.107. The minimum absolute atomic E-state index is 0.0515. The first-order valence-corrected chi connectivity index (χ1v) is 15.8. The summed E-state index contributed by atoms with van der Waals surface area (Å²) in [6, 6.07) is 17.2. The van der Waals surface area contributed by atoms with E-state index in [1.54, 1.807) is 0 Å². The van der Waals surface area contributed by atoms with Gasteiger partial charge in [0.2, 0.25) is 5.91 Å². The molecule has 0 unspecified atom stereocenters. The largest absolute Gasteiger partial charge is 0.495 e.